The Bertz CT molecular complexity index is 303. The van der Waals surface area contributed by atoms with Gasteiger partial charge in [-0.15, -0.1) is 24.8 Å². The van der Waals surface area contributed by atoms with Crippen LogP contribution in [0.1, 0.15) is 25.1 Å². The predicted molar refractivity (Wildman–Crippen MR) is 76.7 cm³/mol. The summed E-state index contributed by atoms with van der Waals surface area (Å²) >= 11 is 0. The maximum absolute atomic E-state index is 10.1. The number of piperazine rings is 1. The topological polar surface area (TPSA) is 48.6 Å². The van der Waals surface area contributed by atoms with E-state index in [1.807, 2.05) is 19.1 Å². The molecule has 1 aromatic rings. The largest absolute Gasteiger partial charge is 0.468 e. The van der Waals surface area contributed by atoms with Gasteiger partial charge in [0.25, 0.3) is 0 Å². The molecule has 106 valence electrons. The minimum atomic E-state index is -0.357. The van der Waals surface area contributed by atoms with E-state index in [-0.39, 0.29) is 37.0 Å². The van der Waals surface area contributed by atoms with Crippen LogP contribution in [0.2, 0.25) is 0 Å². The summed E-state index contributed by atoms with van der Waals surface area (Å²) < 4.78 is 5.45. The van der Waals surface area contributed by atoms with Gasteiger partial charge in [0.15, 0.2) is 0 Å². The highest BCUT2D eigenvalue weighted by Crippen LogP contribution is 2.26. The van der Waals surface area contributed by atoms with Crippen LogP contribution in [0.15, 0.2) is 22.8 Å². The summed E-state index contributed by atoms with van der Waals surface area (Å²) in [7, 11) is 0. The first-order chi connectivity index (χ1) is 7.83. The van der Waals surface area contributed by atoms with Gasteiger partial charge < -0.3 is 14.8 Å². The predicted octanol–water partition coefficient (Wildman–Crippen LogP) is 1.84. The lowest BCUT2D eigenvalue weighted by molar-refractivity contribution is 0.0276. The number of aliphatic hydroxyl groups excluding tert-OH is 1. The molecule has 0 unspecified atom stereocenters. The quantitative estimate of drug-likeness (QED) is 0.890. The maximum atomic E-state index is 10.1. The van der Waals surface area contributed by atoms with Crippen LogP contribution in [0.3, 0.4) is 0 Å². The summed E-state index contributed by atoms with van der Waals surface area (Å²) in [4.78, 5) is 2.30. The third kappa shape index (κ3) is 4.14. The fraction of sp³-hybridized carbons (Fsp3) is 0.667. The van der Waals surface area contributed by atoms with Crippen molar-refractivity contribution in [3.05, 3.63) is 24.2 Å². The van der Waals surface area contributed by atoms with Gasteiger partial charge in [0, 0.05) is 26.2 Å². The first kappa shape index (κ1) is 17.7. The van der Waals surface area contributed by atoms with Crippen LogP contribution < -0.4 is 5.32 Å². The molecular formula is C12H22Cl2N2O2. The highest BCUT2D eigenvalue weighted by atomic mass is 35.5. The standard InChI is InChI=1S/C12H20N2O2.2ClH/c1-2-10(15)12(11-4-3-9-16-11)14-7-5-13-6-8-14;;/h3-4,9-10,12-13,15H,2,5-8H2,1H3;2*1H/t10-,12-;;/m0../s1. The molecule has 0 aliphatic carbocycles. The third-order valence-electron chi connectivity index (χ3n) is 3.16. The Balaban J connectivity index is 0.00000144. The second-order valence-corrected chi connectivity index (χ2v) is 4.22. The molecule has 1 aromatic heterocycles. The highest BCUT2D eigenvalue weighted by Gasteiger charge is 2.29. The Hall–Kier alpha value is -0.260. The van der Waals surface area contributed by atoms with Crippen molar-refractivity contribution in [3.63, 3.8) is 0 Å². The molecule has 0 aromatic carbocycles. The average molecular weight is 297 g/mol. The van der Waals surface area contributed by atoms with E-state index in [2.05, 4.69) is 10.2 Å². The molecular weight excluding hydrogens is 275 g/mol. The Morgan fingerprint density at radius 2 is 2.06 bits per heavy atom. The van der Waals surface area contributed by atoms with E-state index < -0.39 is 0 Å². The van der Waals surface area contributed by atoms with Gasteiger partial charge in [-0.3, -0.25) is 4.90 Å². The van der Waals surface area contributed by atoms with E-state index in [4.69, 9.17) is 4.42 Å². The number of furan rings is 1. The summed E-state index contributed by atoms with van der Waals surface area (Å²) in [6.45, 7) is 5.88. The van der Waals surface area contributed by atoms with Crippen molar-refractivity contribution in [2.24, 2.45) is 0 Å². The second-order valence-electron chi connectivity index (χ2n) is 4.22. The van der Waals surface area contributed by atoms with Crippen molar-refractivity contribution in [3.8, 4) is 0 Å². The van der Waals surface area contributed by atoms with Crippen LogP contribution in [0.5, 0.6) is 0 Å². The molecule has 4 nitrogen and oxygen atoms in total. The van der Waals surface area contributed by atoms with Crippen molar-refractivity contribution in [2.45, 2.75) is 25.5 Å². The molecule has 18 heavy (non-hydrogen) atoms. The number of aliphatic hydroxyl groups is 1. The molecule has 2 rings (SSSR count). The molecule has 2 heterocycles. The minimum Gasteiger partial charge on any atom is -0.468 e. The van der Waals surface area contributed by atoms with Gasteiger partial charge in [0.1, 0.15) is 5.76 Å². The number of hydrogen-bond acceptors (Lipinski definition) is 4. The van der Waals surface area contributed by atoms with Crippen LogP contribution >= 0.6 is 24.8 Å². The fourth-order valence-electron chi connectivity index (χ4n) is 2.26. The van der Waals surface area contributed by atoms with Gasteiger partial charge in [-0.1, -0.05) is 6.92 Å². The van der Waals surface area contributed by atoms with Gasteiger partial charge in [-0.25, -0.2) is 0 Å². The van der Waals surface area contributed by atoms with Gasteiger partial charge in [-0.05, 0) is 18.6 Å². The fourth-order valence-corrected chi connectivity index (χ4v) is 2.26. The SMILES string of the molecule is CC[C@H](O)[C@@H](c1ccco1)N1CCNCC1.Cl.Cl. The normalized spacial score (nSPS) is 19.4. The summed E-state index contributed by atoms with van der Waals surface area (Å²) in [5, 5.41) is 13.4. The average Bonchev–Trinajstić information content (AvgIpc) is 2.84. The van der Waals surface area contributed by atoms with E-state index in [0.29, 0.717) is 0 Å². The Labute approximate surface area is 121 Å². The van der Waals surface area contributed by atoms with Crippen molar-refractivity contribution >= 4 is 24.8 Å². The molecule has 0 bridgehead atoms. The van der Waals surface area contributed by atoms with Gasteiger partial charge >= 0.3 is 0 Å². The zero-order chi connectivity index (χ0) is 11.4. The van der Waals surface area contributed by atoms with Crippen molar-refractivity contribution in [2.75, 3.05) is 26.2 Å². The zero-order valence-corrected chi connectivity index (χ0v) is 12.2. The molecule has 1 aliphatic heterocycles. The maximum Gasteiger partial charge on any atom is 0.123 e. The molecule has 1 saturated heterocycles. The van der Waals surface area contributed by atoms with Crippen LogP contribution in [-0.4, -0.2) is 42.3 Å². The number of hydrogen-bond donors (Lipinski definition) is 2. The molecule has 1 fully saturated rings. The number of rotatable bonds is 4. The van der Waals surface area contributed by atoms with Crippen LogP contribution in [0.4, 0.5) is 0 Å². The number of halogens is 2. The van der Waals surface area contributed by atoms with Gasteiger partial charge in [-0.2, -0.15) is 0 Å². The second kappa shape index (κ2) is 8.77. The lowest BCUT2D eigenvalue weighted by Crippen LogP contribution is -2.47. The lowest BCUT2D eigenvalue weighted by Gasteiger charge is -2.36. The number of nitrogens with one attached hydrogen (secondary N) is 1. The molecule has 1 aliphatic rings. The molecule has 2 atom stereocenters. The smallest absolute Gasteiger partial charge is 0.123 e. The molecule has 0 radical (unpaired) electrons. The highest BCUT2D eigenvalue weighted by molar-refractivity contribution is 5.85. The van der Waals surface area contributed by atoms with E-state index in [0.717, 1.165) is 38.4 Å². The van der Waals surface area contributed by atoms with Crippen molar-refractivity contribution < 1.29 is 9.52 Å². The van der Waals surface area contributed by atoms with Gasteiger partial charge in [0.05, 0.1) is 18.4 Å². The van der Waals surface area contributed by atoms with Crippen molar-refractivity contribution in [1.82, 2.24) is 10.2 Å². The molecule has 6 heteroatoms. The first-order valence-corrected chi connectivity index (χ1v) is 5.99. The summed E-state index contributed by atoms with van der Waals surface area (Å²) in [6.07, 6.45) is 2.06. The summed E-state index contributed by atoms with van der Waals surface area (Å²) in [6, 6.07) is 3.83. The third-order valence-corrected chi connectivity index (χ3v) is 3.16. The molecule has 2 N–H and O–H groups in total. The van der Waals surface area contributed by atoms with E-state index >= 15 is 0 Å². The van der Waals surface area contributed by atoms with E-state index in [1.54, 1.807) is 6.26 Å². The van der Waals surface area contributed by atoms with E-state index in [9.17, 15) is 5.11 Å². The van der Waals surface area contributed by atoms with Crippen molar-refractivity contribution in [1.29, 1.82) is 0 Å². The van der Waals surface area contributed by atoms with Crippen LogP contribution in [-0.2, 0) is 0 Å². The Morgan fingerprint density at radius 3 is 2.56 bits per heavy atom. The first-order valence-electron chi connectivity index (χ1n) is 5.99. The number of nitrogens with zero attached hydrogens (tertiary/aromatic N) is 1. The summed E-state index contributed by atoms with van der Waals surface area (Å²) in [5.41, 5.74) is 0. The summed E-state index contributed by atoms with van der Waals surface area (Å²) in [5.74, 6) is 0.872. The Morgan fingerprint density at radius 1 is 1.39 bits per heavy atom. The molecule has 0 spiro atoms. The lowest BCUT2D eigenvalue weighted by atomic mass is 10.0. The monoisotopic (exact) mass is 296 g/mol. The van der Waals surface area contributed by atoms with Crippen LogP contribution in [0, 0.1) is 0 Å². The van der Waals surface area contributed by atoms with Gasteiger partial charge in [0.2, 0.25) is 0 Å². The minimum absolute atomic E-state index is 0. The zero-order valence-electron chi connectivity index (χ0n) is 10.5. The Kier molecular flexibility index (Phi) is 8.65. The van der Waals surface area contributed by atoms with Crippen LogP contribution in [0.25, 0.3) is 0 Å². The molecule has 0 amide bonds. The van der Waals surface area contributed by atoms with E-state index in [1.165, 1.54) is 0 Å². The molecule has 0 saturated carbocycles.